The quantitative estimate of drug-likeness (QED) is 0.482. The number of piperidine rings is 2. The van der Waals surface area contributed by atoms with E-state index in [1.165, 1.54) is 15.9 Å². The molecule has 0 bridgehead atoms. The highest BCUT2D eigenvalue weighted by atomic mass is 32.1. The molecule has 2 fully saturated rings. The number of nitrogen functional groups attached to an aromatic ring is 1. The number of pyridine rings is 1. The minimum Gasteiger partial charge on any atom is -0.383 e. The summed E-state index contributed by atoms with van der Waals surface area (Å²) in [4.78, 5) is 39.8. The number of nitrogens with zero attached hydrogens (tertiary/aromatic N) is 4. The zero-order chi connectivity index (χ0) is 26.1. The number of rotatable bonds is 4. The highest BCUT2D eigenvalue weighted by Gasteiger charge is 2.36. The Morgan fingerprint density at radius 3 is 2.70 bits per heavy atom. The first-order valence-electron chi connectivity index (χ1n) is 13.3. The van der Waals surface area contributed by atoms with Gasteiger partial charge < -0.3 is 20.9 Å². The number of nitrogens with two attached hydrogens (primary N) is 1. The van der Waals surface area contributed by atoms with E-state index >= 15 is 0 Å². The van der Waals surface area contributed by atoms with E-state index in [2.05, 4.69) is 40.4 Å². The summed E-state index contributed by atoms with van der Waals surface area (Å²) in [5.74, 6) is -0.207. The molecule has 2 saturated heterocycles. The number of carbonyl (C=O) groups is 2. The summed E-state index contributed by atoms with van der Waals surface area (Å²) in [5, 5.41) is 3.96. The van der Waals surface area contributed by atoms with Crippen LogP contribution in [0, 0.1) is 0 Å². The van der Waals surface area contributed by atoms with Gasteiger partial charge in [-0.25, -0.2) is 9.97 Å². The van der Waals surface area contributed by atoms with Crippen molar-refractivity contribution in [2.75, 3.05) is 31.2 Å². The Morgan fingerprint density at radius 2 is 1.95 bits per heavy atom. The normalized spacial score (nSPS) is 21.3. The number of aromatic nitrogens is 2. The standard InChI is InChI=1S/C28H36N6O2S/c1-4-18-14-21(16-30-25(18)29)31-26(35)28(36)34-17(2)6-5-7-23(34)20-8-9-24-22(15-20)32-27(37-24)19-10-12-33(3)13-11-19/h8-9,14-17,19,23H,4-7,10-13H2,1-3H3,(H2,29,30)(H,31,35). The van der Waals surface area contributed by atoms with E-state index < -0.39 is 11.8 Å². The maximum absolute atomic E-state index is 13.5. The molecule has 5 rings (SSSR count). The summed E-state index contributed by atoms with van der Waals surface area (Å²) in [5.41, 5.74) is 9.25. The summed E-state index contributed by atoms with van der Waals surface area (Å²) >= 11 is 1.79. The molecule has 0 aliphatic carbocycles. The van der Waals surface area contributed by atoms with E-state index in [1.807, 2.05) is 13.8 Å². The third-order valence-electron chi connectivity index (χ3n) is 7.86. The Bertz CT molecular complexity index is 1300. The summed E-state index contributed by atoms with van der Waals surface area (Å²) < 4.78 is 1.18. The van der Waals surface area contributed by atoms with Crippen molar-refractivity contribution in [3.8, 4) is 0 Å². The largest absolute Gasteiger partial charge is 0.383 e. The third kappa shape index (κ3) is 5.33. The molecule has 2 aromatic heterocycles. The number of amides is 2. The van der Waals surface area contributed by atoms with Crippen LogP contribution < -0.4 is 11.1 Å². The number of hydrogen-bond acceptors (Lipinski definition) is 7. The number of fused-ring (bicyclic) bond motifs is 1. The molecule has 9 heteroatoms. The summed E-state index contributed by atoms with van der Waals surface area (Å²) in [6, 6.07) is 7.96. The molecule has 3 aromatic rings. The number of carbonyl (C=O) groups excluding carboxylic acids is 2. The van der Waals surface area contributed by atoms with Crippen LogP contribution in [0.4, 0.5) is 11.5 Å². The molecule has 2 aliphatic heterocycles. The Balaban J connectivity index is 1.37. The average Bonchev–Trinajstić information content (AvgIpc) is 3.33. The SMILES string of the molecule is CCc1cc(NC(=O)C(=O)N2C(C)CCCC2c2ccc3sc(C4CCN(C)CC4)nc3c2)cnc1N. The van der Waals surface area contributed by atoms with Crippen LogP contribution in [0.15, 0.2) is 30.5 Å². The van der Waals surface area contributed by atoms with Gasteiger partial charge in [-0.3, -0.25) is 9.59 Å². The van der Waals surface area contributed by atoms with Gasteiger partial charge >= 0.3 is 11.8 Å². The molecule has 1 aromatic carbocycles. The Kier molecular flexibility index (Phi) is 7.44. The van der Waals surface area contributed by atoms with Gasteiger partial charge in [0.1, 0.15) is 5.82 Å². The molecule has 0 spiro atoms. The van der Waals surface area contributed by atoms with Crippen molar-refractivity contribution < 1.29 is 9.59 Å². The van der Waals surface area contributed by atoms with Gasteiger partial charge in [0.05, 0.1) is 33.2 Å². The van der Waals surface area contributed by atoms with E-state index in [9.17, 15) is 9.59 Å². The number of benzene rings is 1. The van der Waals surface area contributed by atoms with E-state index in [0.717, 1.165) is 61.8 Å². The van der Waals surface area contributed by atoms with Crippen LogP contribution >= 0.6 is 11.3 Å². The molecule has 2 amide bonds. The van der Waals surface area contributed by atoms with Crippen molar-refractivity contribution in [2.24, 2.45) is 0 Å². The maximum Gasteiger partial charge on any atom is 0.313 e. The predicted molar refractivity (Wildman–Crippen MR) is 149 cm³/mol. The van der Waals surface area contributed by atoms with E-state index in [-0.39, 0.29) is 12.1 Å². The second-order valence-electron chi connectivity index (χ2n) is 10.4. The molecule has 2 aliphatic rings. The number of thiazole rings is 1. The average molecular weight is 521 g/mol. The highest BCUT2D eigenvalue weighted by molar-refractivity contribution is 7.18. The van der Waals surface area contributed by atoms with Gasteiger partial charge in [0.15, 0.2) is 0 Å². The van der Waals surface area contributed by atoms with Gasteiger partial charge in [0, 0.05) is 12.0 Å². The zero-order valence-corrected chi connectivity index (χ0v) is 22.7. The third-order valence-corrected chi connectivity index (χ3v) is 9.06. The number of hydrogen-bond donors (Lipinski definition) is 2. The summed E-state index contributed by atoms with van der Waals surface area (Å²) in [6.07, 6.45) is 7.18. The van der Waals surface area contributed by atoms with Gasteiger partial charge in [0.25, 0.3) is 0 Å². The second-order valence-corrected chi connectivity index (χ2v) is 11.5. The van der Waals surface area contributed by atoms with Crippen molar-refractivity contribution in [2.45, 2.75) is 70.4 Å². The number of likely N-dealkylation sites (tertiary alicyclic amines) is 2. The van der Waals surface area contributed by atoms with Crippen LogP contribution in [-0.4, -0.2) is 57.8 Å². The molecule has 4 heterocycles. The fraction of sp³-hybridized carbons (Fsp3) is 0.500. The summed E-state index contributed by atoms with van der Waals surface area (Å²) in [7, 11) is 2.17. The first-order chi connectivity index (χ1) is 17.8. The molecule has 37 heavy (non-hydrogen) atoms. The molecule has 2 atom stereocenters. The van der Waals surface area contributed by atoms with Crippen LogP contribution in [0.1, 0.15) is 74.0 Å². The second kappa shape index (κ2) is 10.8. The van der Waals surface area contributed by atoms with Crippen LogP contribution in [0.5, 0.6) is 0 Å². The van der Waals surface area contributed by atoms with Crippen molar-refractivity contribution in [1.82, 2.24) is 19.8 Å². The van der Waals surface area contributed by atoms with Crippen molar-refractivity contribution in [1.29, 1.82) is 0 Å². The van der Waals surface area contributed by atoms with Crippen molar-refractivity contribution in [3.05, 3.63) is 46.6 Å². The lowest BCUT2D eigenvalue weighted by molar-refractivity contribution is -0.148. The van der Waals surface area contributed by atoms with Crippen LogP contribution in [0.25, 0.3) is 10.2 Å². The Morgan fingerprint density at radius 1 is 1.16 bits per heavy atom. The molecule has 2 unspecified atom stereocenters. The van der Waals surface area contributed by atoms with Crippen molar-refractivity contribution in [3.63, 3.8) is 0 Å². The van der Waals surface area contributed by atoms with E-state index in [0.29, 0.717) is 23.8 Å². The minimum atomic E-state index is -0.647. The van der Waals surface area contributed by atoms with E-state index in [4.69, 9.17) is 10.7 Å². The molecular formula is C28H36N6O2S. The van der Waals surface area contributed by atoms with Crippen LogP contribution in [0.3, 0.4) is 0 Å². The molecular weight excluding hydrogens is 484 g/mol. The summed E-state index contributed by atoms with van der Waals surface area (Å²) in [6.45, 7) is 6.21. The monoisotopic (exact) mass is 520 g/mol. The number of aryl methyl sites for hydroxylation is 1. The Labute approximate surface area is 222 Å². The van der Waals surface area contributed by atoms with Gasteiger partial charge in [-0.05, 0) is 94.9 Å². The van der Waals surface area contributed by atoms with Gasteiger partial charge in [-0.1, -0.05) is 13.0 Å². The first kappa shape index (κ1) is 25.6. The van der Waals surface area contributed by atoms with Gasteiger partial charge in [0.2, 0.25) is 0 Å². The smallest absolute Gasteiger partial charge is 0.313 e. The molecule has 8 nitrogen and oxygen atoms in total. The fourth-order valence-corrected chi connectivity index (χ4v) is 6.75. The van der Waals surface area contributed by atoms with Gasteiger partial charge in [-0.15, -0.1) is 11.3 Å². The predicted octanol–water partition coefficient (Wildman–Crippen LogP) is 4.73. The highest BCUT2D eigenvalue weighted by Crippen LogP contribution is 2.38. The topological polar surface area (TPSA) is 104 Å². The lowest BCUT2D eigenvalue weighted by atomic mass is 9.91. The zero-order valence-electron chi connectivity index (χ0n) is 21.9. The fourth-order valence-electron chi connectivity index (χ4n) is 5.63. The molecule has 0 radical (unpaired) electrons. The first-order valence-corrected chi connectivity index (χ1v) is 14.1. The minimum absolute atomic E-state index is 0.0336. The molecule has 196 valence electrons. The maximum atomic E-state index is 13.5. The number of nitrogens with one attached hydrogen (secondary N) is 1. The van der Waals surface area contributed by atoms with Gasteiger partial charge in [-0.2, -0.15) is 0 Å². The van der Waals surface area contributed by atoms with Crippen LogP contribution in [-0.2, 0) is 16.0 Å². The Hall–Kier alpha value is -3.04. The lowest BCUT2D eigenvalue weighted by Gasteiger charge is -2.40. The van der Waals surface area contributed by atoms with E-state index in [1.54, 1.807) is 22.3 Å². The lowest BCUT2D eigenvalue weighted by Crippen LogP contribution is -2.48. The molecule has 3 N–H and O–H groups in total. The van der Waals surface area contributed by atoms with Crippen LogP contribution in [0.2, 0.25) is 0 Å². The van der Waals surface area contributed by atoms with Crippen molar-refractivity contribution >= 4 is 44.9 Å². The molecule has 0 saturated carbocycles. The number of anilines is 2.